The van der Waals surface area contributed by atoms with E-state index in [0.29, 0.717) is 30.2 Å². The van der Waals surface area contributed by atoms with E-state index in [1.165, 1.54) is 6.33 Å². The van der Waals surface area contributed by atoms with Gasteiger partial charge in [-0.05, 0) is 48.1 Å². The van der Waals surface area contributed by atoms with Gasteiger partial charge in [-0.15, -0.1) is 0 Å². The molecule has 2 heterocycles. The van der Waals surface area contributed by atoms with Gasteiger partial charge in [0.1, 0.15) is 17.8 Å². The lowest BCUT2D eigenvalue weighted by molar-refractivity contribution is -0.116. The van der Waals surface area contributed by atoms with Crippen LogP contribution in [0.5, 0.6) is 0 Å². The van der Waals surface area contributed by atoms with E-state index in [1.807, 2.05) is 25.1 Å². The molecule has 0 unspecified atom stereocenters. The quantitative estimate of drug-likeness (QED) is 0.543. The van der Waals surface area contributed by atoms with Crippen LogP contribution in [0.25, 0.3) is 27.9 Å². The normalized spacial score (nSPS) is 15.9. The van der Waals surface area contributed by atoms with Crippen molar-refractivity contribution in [1.82, 2.24) is 20.2 Å². The first-order chi connectivity index (χ1) is 15.3. The molecule has 0 bridgehead atoms. The summed E-state index contributed by atoms with van der Waals surface area (Å²) >= 11 is 0. The average molecular weight is 440 g/mol. The number of H-pyrrole nitrogens is 1. The molecule has 0 fully saturated rings. The summed E-state index contributed by atoms with van der Waals surface area (Å²) in [6.07, 6.45) is 1.99. The van der Waals surface area contributed by atoms with E-state index in [4.69, 9.17) is 0 Å². The third-order valence-corrected chi connectivity index (χ3v) is 5.81. The van der Waals surface area contributed by atoms with E-state index in [9.17, 15) is 13.6 Å². The molecule has 1 aliphatic rings. The molecule has 0 spiro atoms. The number of anilines is 1. The molecular weight excluding hydrogens is 412 g/mol. The zero-order chi connectivity index (χ0) is 22.9. The second-order valence-corrected chi connectivity index (χ2v) is 9.01. The Balaban J connectivity index is 1.70. The third kappa shape index (κ3) is 4.69. The number of aromatic amines is 1. The fourth-order valence-corrected chi connectivity index (χ4v) is 4.28. The predicted molar refractivity (Wildman–Crippen MR) is 122 cm³/mol. The summed E-state index contributed by atoms with van der Waals surface area (Å²) in [6, 6.07) is 7.77. The van der Waals surface area contributed by atoms with Crippen molar-refractivity contribution in [2.24, 2.45) is 5.41 Å². The van der Waals surface area contributed by atoms with Crippen molar-refractivity contribution in [2.45, 2.75) is 46.5 Å². The summed E-state index contributed by atoms with van der Waals surface area (Å²) in [7, 11) is 0. The van der Waals surface area contributed by atoms with Crippen LogP contribution in [0.2, 0.25) is 0 Å². The van der Waals surface area contributed by atoms with Gasteiger partial charge in [-0.25, -0.2) is 18.7 Å². The molecule has 3 aromatic rings. The minimum absolute atomic E-state index is 0.0707. The molecule has 32 heavy (non-hydrogen) atoms. The average Bonchev–Trinajstić information content (AvgIpc) is 3.16. The maximum Gasteiger partial charge on any atom is 0.240 e. The number of halogens is 2. The lowest BCUT2D eigenvalue weighted by Gasteiger charge is -2.29. The molecule has 4 rings (SSSR count). The molecule has 0 saturated heterocycles. The Morgan fingerprint density at radius 2 is 2.00 bits per heavy atom. The number of aromatic nitrogens is 4. The molecular formula is C24H27F2N5O. The molecule has 0 amide bonds. The maximum atomic E-state index is 12.7. The van der Waals surface area contributed by atoms with Crippen molar-refractivity contribution in [3.63, 3.8) is 0 Å². The number of fused-ring (bicyclic) bond motifs is 1. The van der Waals surface area contributed by atoms with Gasteiger partial charge in [0.15, 0.2) is 5.78 Å². The Bertz CT molecular complexity index is 1170. The van der Waals surface area contributed by atoms with Crippen LogP contribution in [-0.2, 0) is 4.79 Å². The largest absolute Gasteiger partial charge is 0.357 e. The van der Waals surface area contributed by atoms with Crippen LogP contribution in [0.15, 0.2) is 36.7 Å². The zero-order valence-electron chi connectivity index (χ0n) is 18.5. The molecule has 0 atom stereocenters. The first-order valence-electron chi connectivity index (χ1n) is 10.8. The number of hydrogen-bond donors (Lipinski definition) is 1. The van der Waals surface area contributed by atoms with E-state index in [-0.39, 0.29) is 24.2 Å². The summed E-state index contributed by atoms with van der Waals surface area (Å²) in [5, 5.41) is 8.38. The van der Waals surface area contributed by atoms with Crippen molar-refractivity contribution in [3.05, 3.63) is 42.2 Å². The van der Waals surface area contributed by atoms with E-state index in [1.54, 1.807) is 17.0 Å². The Hall–Kier alpha value is -3.16. The number of carbonyl (C=O) groups excluding carboxylic acids is 1. The number of hydrogen-bond acceptors (Lipinski definition) is 5. The number of nitrogens with zero attached hydrogens (tertiary/aromatic N) is 4. The molecule has 168 valence electrons. The highest BCUT2D eigenvalue weighted by Crippen LogP contribution is 2.39. The smallest absolute Gasteiger partial charge is 0.240 e. The molecule has 0 radical (unpaired) electrons. The van der Waals surface area contributed by atoms with E-state index < -0.39 is 6.43 Å². The topological polar surface area (TPSA) is 74.8 Å². The molecule has 6 nitrogen and oxygen atoms in total. The lowest BCUT2D eigenvalue weighted by atomic mass is 9.75. The van der Waals surface area contributed by atoms with Gasteiger partial charge in [-0.1, -0.05) is 19.9 Å². The Morgan fingerprint density at radius 1 is 1.19 bits per heavy atom. The highest BCUT2D eigenvalue weighted by Gasteiger charge is 2.28. The van der Waals surface area contributed by atoms with Gasteiger partial charge in [0.2, 0.25) is 6.43 Å². The first kappa shape index (κ1) is 22.0. The third-order valence-electron chi connectivity index (χ3n) is 5.81. The van der Waals surface area contributed by atoms with E-state index in [2.05, 4.69) is 34.0 Å². The van der Waals surface area contributed by atoms with Crippen LogP contribution in [0.3, 0.4) is 0 Å². The van der Waals surface area contributed by atoms with Crippen LogP contribution < -0.4 is 4.90 Å². The van der Waals surface area contributed by atoms with Crippen molar-refractivity contribution in [1.29, 1.82) is 0 Å². The van der Waals surface area contributed by atoms with Gasteiger partial charge in [-0.2, -0.15) is 5.10 Å². The molecule has 0 aliphatic heterocycles. The van der Waals surface area contributed by atoms with Crippen molar-refractivity contribution >= 4 is 28.1 Å². The number of allylic oxidation sites excluding steroid dienone is 2. The number of ketones is 1. The van der Waals surface area contributed by atoms with Gasteiger partial charge in [-0.3, -0.25) is 9.89 Å². The van der Waals surface area contributed by atoms with Crippen LogP contribution >= 0.6 is 0 Å². The van der Waals surface area contributed by atoms with Crippen LogP contribution in [0.1, 0.15) is 45.6 Å². The minimum atomic E-state index is -2.36. The maximum absolute atomic E-state index is 12.7. The Labute approximate surface area is 185 Å². The summed E-state index contributed by atoms with van der Waals surface area (Å²) in [5.41, 5.74) is 4.07. The summed E-state index contributed by atoms with van der Waals surface area (Å²) < 4.78 is 25.4. The molecule has 8 heteroatoms. The second-order valence-electron chi connectivity index (χ2n) is 9.01. The molecule has 0 saturated carbocycles. The number of carbonyl (C=O) groups is 1. The van der Waals surface area contributed by atoms with E-state index in [0.717, 1.165) is 28.5 Å². The molecule has 1 aromatic carbocycles. The molecule has 1 aliphatic carbocycles. The SMILES string of the molecule is CCN(CCC(F)F)c1cc(-c2n[nH]c3ccc(C4=CC(=O)CC(C)(C)C4)cc23)ncn1. The first-order valence-corrected chi connectivity index (χ1v) is 10.8. The standard InChI is InChI=1S/C24H27F2N5O/c1-4-31(8-7-21(25)26)22-11-20(27-14-28-22)23-18-10-15(5-6-19(18)29-30-23)16-9-17(32)13-24(2,3)12-16/h5-6,9-11,14,21H,4,7-8,12-13H2,1-3H3,(H,29,30). The molecule has 2 aromatic heterocycles. The monoisotopic (exact) mass is 439 g/mol. The number of alkyl halides is 2. The van der Waals surface area contributed by atoms with Gasteiger partial charge in [0.05, 0.1) is 11.2 Å². The van der Waals surface area contributed by atoms with Crippen molar-refractivity contribution in [3.8, 4) is 11.4 Å². The van der Waals surface area contributed by atoms with Crippen molar-refractivity contribution < 1.29 is 13.6 Å². The Kier molecular flexibility index (Phi) is 6.04. The molecule has 1 N–H and O–H groups in total. The number of benzene rings is 1. The summed E-state index contributed by atoms with van der Waals surface area (Å²) in [6.45, 7) is 6.90. The van der Waals surface area contributed by atoms with Gasteiger partial charge in [0, 0.05) is 37.4 Å². The van der Waals surface area contributed by atoms with Crippen molar-refractivity contribution in [2.75, 3.05) is 18.0 Å². The van der Waals surface area contributed by atoms with Gasteiger partial charge < -0.3 is 4.90 Å². The van der Waals surface area contributed by atoms with Gasteiger partial charge >= 0.3 is 0 Å². The highest BCUT2D eigenvalue weighted by atomic mass is 19.3. The summed E-state index contributed by atoms with van der Waals surface area (Å²) in [4.78, 5) is 22.7. The zero-order valence-corrected chi connectivity index (χ0v) is 18.5. The predicted octanol–water partition coefficient (Wildman–Crippen LogP) is 5.27. The second kappa shape index (κ2) is 8.76. The summed E-state index contributed by atoms with van der Waals surface area (Å²) in [5.74, 6) is 0.737. The highest BCUT2D eigenvalue weighted by molar-refractivity contribution is 6.01. The Morgan fingerprint density at radius 3 is 2.72 bits per heavy atom. The van der Waals surface area contributed by atoms with Crippen LogP contribution in [0.4, 0.5) is 14.6 Å². The number of rotatable bonds is 7. The van der Waals surface area contributed by atoms with Crippen LogP contribution in [0, 0.1) is 5.41 Å². The minimum Gasteiger partial charge on any atom is -0.357 e. The van der Waals surface area contributed by atoms with Crippen LogP contribution in [-0.4, -0.2) is 45.5 Å². The van der Waals surface area contributed by atoms with Gasteiger partial charge in [0.25, 0.3) is 0 Å². The fourth-order valence-electron chi connectivity index (χ4n) is 4.28. The van der Waals surface area contributed by atoms with E-state index >= 15 is 0 Å². The lowest BCUT2D eigenvalue weighted by Crippen LogP contribution is -2.26. The fraction of sp³-hybridized carbons (Fsp3) is 0.417. The number of nitrogens with one attached hydrogen (secondary N) is 1.